The van der Waals surface area contributed by atoms with Crippen LogP contribution in [0.1, 0.15) is 22.0 Å². The lowest BCUT2D eigenvalue weighted by Gasteiger charge is -2.18. The summed E-state index contributed by atoms with van der Waals surface area (Å²) in [5.41, 5.74) is 1.22. The molecule has 2 atom stereocenters. The number of epoxide rings is 1. The number of aldehydes is 1. The number of carbonyl (C=O) groups excluding carboxylic acids is 1. The van der Waals surface area contributed by atoms with Crippen molar-refractivity contribution in [2.24, 2.45) is 0 Å². The summed E-state index contributed by atoms with van der Waals surface area (Å²) >= 11 is 0. The van der Waals surface area contributed by atoms with Crippen molar-refractivity contribution in [1.82, 2.24) is 0 Å². The van der Waals surface area contributed by atoms with Gasteiger partial charge in [-0.3, -0.25) is 4.79 Å². The van der Waals surface area contributed by atoms with Gasteiger partial charge < -0.3 is 19.7 Å². The van der Waals surface area contributed by atoms with Crippen molar-refractivity contribution in [3.8, 4) is 17.2 Å². The van der Waals surface area contributed by atoms with Gasteiger partial charge in [0.15, 0.2) is 17.6 Å². The van der Waals surface area contributed by atoms with Crippen LogP contribution in [0.15, 0.2) is 42.5 Å². The van der Waals surface area contributed by atoms with Gasteiger partial charge in [-0.1, -0.05) is 12.1 Å². The highest BCUT2D eigenvalue weighted by atomic mass is 16.6. The number of phenolic OH excluding ortho intramolecular Hbond substituents is 2. The predicted molar refractivity (Wildman–Crippen MR) is 74.7 cm³/mol. The van der Waals surface area contributed by atoms with Crippen LogP contribution in [-0.2, 0) is 4.74 Å². The zero-order chi connectivity index (χ0) is 14.8. The average molecular weight is 286 g/mol. The van der Waals surface area contributed by atoms with E-state index in [-0.39, 0.29) is 29.5 Å². The Kier molecular flexibility index (Phi) is 3.50. The van der Waals surface area contributed by atoms with E-state index in [1.165, 1.54) is 6.07 Å². The maximum absolute atomic E-state index is 10.7. The first-order chi connectivity index (χ1) is 10.2. The molecule has 0 bridgehead atoms. The van der Waals surface area contributed by atoms with Crippen molar-refractivity contribution in [1.29, 1.82) is 0 Å². The third-order valence-electron chi connectivity index (χ3n) is 3.29. The summed E-state index contributed by atoms with van der Waals surface area (Å²) in [5, 5.41) is 19.2. The lowest BCUT2D eigenvalue weighted by molar-refractivity contribution is 0.112. The van der Waals surface area contributed by atoms with Crippen LogP contribution < -0.4 is 4.74 Å². The van der Waals surface area contributed by atoms with Crippen molar-refractivity contribution in [2.75, 3.05) is 6.61 Å². The number of carbonyl (C=O) groups is 1. The Morgan fingerprint density at radius 3 is 2.48 bits per heavy atom. The summed E-state index contributed by atoms with van der Waals surface area (Å²) in [6.45, 7) is 0.582. The lowest BCUT2D eigenvalue weighted by atomic mass is 10.1. The van der Waals surface area contributed by atoms with E-state index in [0.717, 1.165) is 5.56 Å². The Morgan fingerprint density at radius 1 is 1.19 bits per heavy atom. The molecule has 0 unspecified atom stereocenters. The molecule has 2 aromatic rings. The second-order valence-electron chi connectivity index (χ2n) is 4.85. The van der Waals surface area contributed by atoms with Crippen LogP contribution in [-0.4, -0.2) is 29.2 Å². The second kappa shape index (κ2) is 5.46. The van der Waals surface area contributed by atoms with E-state index in [0.29, 0.717) is 18.5 Å². The maximum Gasteiger partial charge on any atom is 0.162 e. The van der Waals surface area contributed by atoms with Gasteiger partial charge in [0.2, 0.25) is 0 Å². The highest BCUT2D eigenvalue weighted by Gasteiger charge is 2.36. The third kappa shape index (κ3) is 2.98. The summed E-state index contributed by atoms with van der Waals surface area (Å²) in [5.74, 6) is 0.366. The van der Waals surface area contributed by atoms with Crippen molar-refractivity contribution in [3.05, 3.63) is 53.6 Å². The summed E-state index contributed by atoms with van der Waals surface area (Å²) < 4.78 is 11.1. The molecule has 0 radical (unpaired) electrons. The number of hydrogen-bond donors (Lipinski definition) is 2. The topological polar surface area (TPSA) is 79.3 Å². The van der Waals surface area contributed by atoms with Crippen molar-refractivity contribution >= 4 is 6.29 Å². The predicted octanol–water partition coefficient (Wildman–Crippen LogP) is 2.43. The van der Waals surface area contributed by atoms with Crippen LogP contribution >= 0.6 is 0 Å². The van der Waals surface area contributed by atoms with Gasteiger partial charge in [-0.05, 0) is 35.9 Å². The van der Waals surface area contributed by atoms with Gasteiger partial charge in [-0.15, -0.1) is 0 Å². The summed E-state index contributed by atoms with van der Waals surface area (Å²) in [4.78, 5) is 10.7. The van der Waals surface area contributed by atoms with E-state index in [9.17, 15) is 15.0 Å². The van der Waals surface area contributed by atoms with Crippen molar-refractivity contribution < 1.29 is 24.5 Å². The van der Waals surface area contributed by atoms with Gasteiger partial charge in [-0.2, -0.15) is 0 Å². The lowest BCUT2D eigenvalue weighted by Crippen LogP contribution is -2.14. The molecule has 3 rings (SSSR count). The van der Waals surface area contributed by atoms with E-state index in [4.69, 9.17) is 9.47 Å². The van der Waals surface area contributed by atoms with Crippen molar-refractivity contribution in [3.63, 3.8) is 0 Å². The standard InChI is InChI=1S/C16H14O5/c17-8-10-1-6-14(13(19)7-10)21-16(15-9-20-15)11-2-4-12(18)5-3-11/h1-8,15-16,18-19H,9H2/t15-,16+/m1/s1. The molecule has 2 aromatic carbocycles. The SMILES string of the molecule is O=Cc1ccc(O[C@@H](c2ccc(O)cc2)[C@H]2CO2)c(O)c1. The quantitative estimate of drug-likeness (QED) is 0.652. The Bertz CT molecular complexity index is 646. The zero-order valence-electron chi connectivity index (χ0n) is 11.1. The number of aromatic hydroxyl groups is 2. The molecule has 1 aliphatic heterocycles. The molecule has 1 aliphatic rings. The monoisotopic (exact) mass is 286 g/mol. The highest BCUT2D eigenvalue weighted by Crippen LogP contribution is 2.36. The second-order valence-corrected chi connectivity index (χ2v) is 4.85. The van der Waals surface area contributed by atoms with Gasteiger partial charge >= 0.3 is 0 Å². The van der Waals surface area contributed by atoms with Crippen molar-refractivity contribution in [2.45, 2.75) is 12.2 Å². The highest BCUT2D eigenvalue weighted by molar-refractivity contribution is 5.76. The van der Waals surface area contributed by atoms with Crippen LogP contribution in [0.3, 0.4) is 0 Å². The number of phenols is 2. The normalized spacial score (nSPS) is 18.0. The summed E-state index contributed by atoms with van der Waals surface area (Å²) in [6, 6.07) is 11.1. The Hall–Kier alpha value is -2.53. The fraction of sp³-hybridized carbons (Fsp3) is 0.188. The third-order valence-corrected chi connectivity index (χ3v) is 3.29. The van der Waals surface area contributed by atoms with Crippen LogP contribution in [0, 0.1) is 0 Å². The summed E-state index contributed by atoms with van der Waals surface area (Å²) in [6.07, 6.45) is 0.198. The Labute approximate surface area is 121 Å². The fourth-order valence-electron chi connectivity index (χ4n) is 2.10. The van der Waals surface area contributed by atoms with E-state index in [1.807, 2.05) is 0 Å². The molecule has 1 saturated heterocycles. The van der Waals surface area contributed by atoms with Gasteiger partial charge in [0.1, 0.15) is 18.1 Å². The minimum absolute atomic E-state index is 0.0836. The smallest absolute Gasteiger partial charge is 0.162 e. The van der Waals surface area contributed by atoms with Gasteiger partial charge in [0.05, 0.1) is 6.61 Å². The van der Waals surface area contributed by atoms with E-state index < -0.39 is 0 Å². The minimum atomic E-state index is -0.376. The molecule has 1 fully saturated rings. The molecule has 21 heavy (non-hydrogen) atoms. The van der Waals surface area contributed by atoms with Gasteiger partial charge in [0, 0.05) is 5.56 Å². The minimum Gasteiger partial charge on any atom is -0.508 e. The van der Waals surface area contributed by atoms with Crippen LogP contribution in [0.4, 0.5) is 0 Å². The first kappa shape index (κ1) is 13.5. The molecular weight excluding hydrogens is 272 g/mol. The fourth-order valence-corrected chi connectivity index (χ4v) is 2.10. The first-order valence-corrected chi connectivity index (χ1v) is 6.53. The maximum atomic E-state index is 10.7. The molecule has 5 heteroatoms. The van der Waals surface area contributed by atoms with Crippen LogP contribution in [0.5, 0.6) is 17.2 Å². The zero-order valence-corrected chi connectivity index (χ0v) is 11.1. The molecule has 0 amide bonds. The molecule has 108 valence electrons. The molecule has 2 N–H and O–H groups in total. The number of benzene rings is 2. The molecular formula is C16H14O5. The molecule has 5 nitrogen and oxygen atoms in total. The number of rotatable bonds is 5. The van der Waals surface area contributed by atoms with Gasteiger partial charge in [-0.25, -0.2) is 0 Å². The van der Waals surface area contributed by atoms with E-state index >= 15 is 0 Å². The summed E-state index contributed by atoms with van der Waals surface area (Å²) in [7, 11) is 0. The Balaban J connectivity index is 1.85. The van der Waals surface area contributed by atoms with Crippen LogP contribution in [0.25, 0.3) is 0 Å². The average Bonchev–Trinajstić information content (AvgIpc) is 3.32. The number of hydrogen-bond acceptors (Lipinski definition) is 5. The first-order valence-electron chi connectivity index (χ1n) is 6.53. The Morgan fingerprint density at radius 2 is 1.90 bits per heavy atom. The largest absolute Gasteiger partial charge is 0.508 e. The number of ether oxygens (including phenoxy) is 2. The molecule has 0 saturated carbocycles. The molecule has 0 spiro atoms. The van der Waals surface area contributed by atoms with E-state index in [1.54, 1.807) is 36.4 Å². The molecule has 0 aromatic heterocycles. The van der Waals surface area contributed by atoms with Gasteiger partial charge in [0.25, 0.3) is 0 Å². The van der Waals surface area contributed by atoms with Crippen LogP contribution in [0.2, 0.25) is 0 Å². The molecule has 1 heterocycles. The van der Waals surface area contributed by atoms with E-state index in [2.05, 4.69) is 0 Å². The molecule has 0 aliphatic carbocycles.